The van der Waals surface area contributed by atoms with Crippen molar-refractivity contribution in [1.82, 2.24) is 4.72 Å². The number of sulfonamides is 1. The Kier molecular flexibility index (Phi) is 2.56. The molecule has 1 N–H and O–H groups in total. The van der Waals surface area contributed by atoms with Gasteiger partial charge in [-0.1, -0.05) is 0 Å². The minimum Gasteiger partial charge on any atom is -0.213 e. The smallest absolute Gasteiger partial charge is 0.213 e. The van der Waals surface area contributed by atoms with Gasteiger partial charge < -0.3 is 0 Å². The Morgan fingerprint density at radius 3 is 2.14 bits per heavy atom. The van der Waals surface area contributed by atoms with Crippen LogP contribution in [0.2, 0.25) is 0 Å². The predicted molar refractivity (Wildman–Crippen MR) is 28.1 cm³/mol. The lowest BCUT2D eigenvalue weighted by Gasteiger charge is -1.90. The maximum Gasteiger partial charge on any atom is 0.225 e. The molecule has 3 nitrogen and oxygen atoms in total. The van der Waals surface area contributed by atoms with E-state index in [2.05, 4.69) is 7.05 Å². The van der Waals surface area contributed by atoms with Crippen molar-refractivity contribution in [2.24, 2.45) is 0 Å². The topological polar surface area (TPSA) is 46.2 Å². The third-order valence-corrected chi connectivity index (χ3v) is 1.95. The zero-order valence-electron chi connectivity index (χ0n) is 3.52. The van der Waals surface area contributed by atoms with Crippen LogP contribution >= 0.6 is 11.6 Å². The summed E-state index contributed by atoms with van der Waals surface area (Å²) >= 11 is 4.90. The van der Waals surface area contributed by atoms with E-state index < -0.39 is 15.2 Å². The van der Waals surface area contributed by atoms with E-state index in [-0.39, 0.29) is 0 Å². The van der Waals surface area contributed by atoms with Crippen molar-refractivity contribution in [2.75, 3.05) is 5.21 Å². The van der Waals surface area contributed by atoms with Gasteiger partial charge in [-0.15, -0.1) is 11.6 Å². The molecule has 0 saturated heterocycles. The molecule has 7 heavy (non-hydrogen) atoms. The molecule has 0 spiro atoms. The normalized spacial score (nSPS) is 11.7. The molecule has 0 aliphatic heterocycles. The van der Waals surface area contributed by atoms with Gasteiger partial charge in [-0.2, -0.15) is 0 Å². The van der Waals surface area contributed by atoms with E-state index in [1.165, 1.54) is 0 Å². The zero-order chi connectivity index (χ0) is 5.91. The molecule has 0 aliphatic rings. The van der Waals surface area contributed by atoms with Crippen LogP contribution in [0.5, 0.6) is 0 Å². The first-order valence-electron chi connectivity index (χ1n) is 1.45. The highest BCUT2D eigenvalue weighted by atomic mass is 35.5. The summed E-state index contributed by atoms with van der Waals surface area (Å²) < 4.78 is 21.9. The summed E-state index contributed by atoms with van der Waals surface area (Å²) in [6.07, 6.45) is 0. The van der Waals surface area contributed by atoms with Crippen molar-refractivity contribution in [2.45, 2.75) is 0 Å². The molecule has 0 bridgehead atoms. The maximum atomic E-state index is 10.1. The van der Waals surface area contributed by atoms with E-state index in [1.807, 2.05) is 0 Å². The summed E-state index contributed by atoms with van der Waals surface area (Å²) in [6, 6.07) is 0. The van der Waals surface area contributed by atoms with Gasteiger partial charge in [0.1, 0.15) is 5.21 Å². The van der Waals surface area contributed by atoms with Crippen LogP contribution in [-0.2, 0) is 10.0 Å². The van der Waals surface area contributed by atoms with Crippen LogP contribution in [0.25, 0.3) is 0 Å². The van der Waals surface area contributed by atoms with Crippen LogP contribution in [0.4, 0.5) is 0 Å². The third-order valence-electron chi connectivity index (χ3n) is 0.364. The fraction of sp³-hybridized carbons (Fsp3) is 0.500. The molecule has 0 fully saturated rings. The molecule has 0 amide bonds. The van der Waals surface area contributed by atoms with Crippen molar-refractivity contribution in [3.05, 3.63) is 7.05 Å². The first kappa shape index (κ1) is 7.20. The lowest BCUT2D eigenvalue weighted by molar-refractivity contribution is 0.595. The van der Waals surface area contributed by atoms with Gasteiger partial charge in [0.15, 0.2) is 0 Å². The molecule has 0 saturated carbocycles. The Morgan fingerprint density at radius 1 is 1.71 bits per heavy atom. The van der Waals surface area contributed by atoms with Crippen LogP contribution < -0.4 is 4.72 Å². The monoisotopic (exact) mass is 142 g/mol. The third kappa shape index (κ3) is 2.85. The van der Waals surface area contributed by atoms with Gasteiger partial charge >= 0.3 is 0 Å². The molecule has 5 heteroatoms. The van der Waals surface area contributed by atoms with Crippen LogP contribution in [0, 0.1) is 7.05 Å². The Hall–Kier alpha value is 0.200. The van der Waals surface area contributed by atoms with Gasteiger partial charge in [-0.3, -0.25) is 0 Å². The molecule has 0 rings (SSSR count). The number of nitrogens with one attached hydrogen (secondary N) is 1. The second-order valence-corrected chi connectivity index (χ2v) is 3.26. The highest BCUT2D eigenvalue weighted by Crippen LogP contribution is 1.83. The van der Waals surface area contributed by atoms with Crippen LogP contribution in [0.15, 0.2) is 0 Å². The van der Waals surface area contributed by atoms with Crippen molar-refractivity contribution in [1.29, 1.82) is 0 Å². The first-order valence-corrected chi connectivity index (χ1v) is 3.63. The number of alkyl halides is 1. The zero-order valence-corrected chi connectivity index (χ0v) is 5.09. The highest BCUT2D eigenvalue weighted by Gasteiger charge is 2.00. The second-order valence-electron chi connectivity index (χ2n) is 0.868. The fourth-order valence-electron chi connectivity index (χ4n) is 0.0386. The maximum absolute atomic E-state index is 10.1. The summed E-state index contributed by atoms with van der Waals surface area (Å²) in [7, 11) is -0.347. The van der Waals surface area contributed by atoms with Gasteiger partial charge in [0, 0.05) is 7.05 Å². The lowest BCUT2D eigenvalue weighted by atomic mass is 11.6. The Balaban J connectivity index is 3.89. The van der Waals surface area contributed by atoms with E-state index in [1.54, 1.807) is 4.72 Å². The average molecular weight is 143 g/mol. The molecule has 0 heterocycles. The van der Waals surface area contributed by atoms with Crippen LogP contribution in [0.3, 0.4) is 0 Å². The van der Waals surface area contributed by atoms with Gasteiger partial charge in [0.2, 0.25) is 10.0 Å². The molecule has 0 atom stereocenters. The van der Waals surface area contributed by atoms with E-state index in [4.69, 9.17) is 11.6 Å². The molecular weight excluding hydrogens is 138 g/mol. The molecule has 0 aliphatic carbocycles. The van der Waals surface area contributed by atoms with Gasteiger partial charge in [0.25, 0.3) is 0 Å². The van der Waals surface area contributed by atoms with Crippen LogP contribution in [-0.4, -0.2) is 13.6 Å². The Bertz CT molecular complexity index is 119. The van der Waals surface area contributed by atoms with E-state index >= 15 is 0 Å². The van der Waals surface area contributed by atoms with Gasteiger partial charge in [-0.25, -0.2) is 13.1 Å². The summed E-state index contributed by atoms with van der Waals surface area (Å²) in [5.41, 5.74) is 0. The summed E-state index contributed by atoms with van der Waals surface area (Å²) in [5.74, 6) is 0. The highest BCUT2D eigenvalue weighted by molar-refractivity contribution is 7.90. The number of hydrogen-bond donors (Lipinski definition) is 1. The molecule has 0 aromatic rings. The summed E-state index contributed by atoms with van der Waals surface area (Å²) in [5, 5.41) is -0.434. The lowest BCUT2D eigenvalue weighted by Crippen LogP contribution is -2.16. The van der Waals surface area contributed by atoms with E-state index in [0.29, 0.717) is 0 Å². The Morgan fingerprint density at radius 2 is 2.14 bits per heavy atom. The first-order chi connectivity index (χ1) is 3.12. The summed E-state index contributed by atoms with van der Waals surface area (Å²) in [6.45, 7) is 0. The number of hydrogen-bond acceptors (Lipinski definition) is 2. The molecule has 43 valence electrons. The fourth-order valence-corrected chi connectivity index (χ4v) is 0.347. The Labute approximate surface area is 47.7 Å². The van der Waals surface area contributed by atoms with Gasteiger partial charge in [-0.05, 0) is 0 Å². The number of rotatable bonds is 2. The van der Waals surface area contributed by atoms with Gasteiger partial charge in [0.05, 0.1) is 0 Å². The molecule has 0 aromatic carbocycles. The molecule has 1 radical (unpaired) electrons. The van der Waals surface area contributed by atoms with E-state index in [9.17, 15) is 8.42 Å². The minimum absolute atomic E-state index is 0.434. The summed E-state index contributed by atoms with van der Waals surface area (Å²) in [4.78, 5) is 0. The number of halogens is 1. The van der Waals surface area contributed by atoms with E-state index in [0.717, 1.165) is 0 Å². The van der Waals surface area contributed by atoms with Crippen molar-refractivity contribution in [3.63, 3.8) is 0 Å². The average Bonchev–Trinajstić information content (AvgIpc) is 1.68. The standard InChI is InChI=1S/C2H5ClNO2S/c1-4-7(5,6)2-3/h4H,1-2H2. The van der Waals surface area contributed by atoms with Crippen molar-refractivity contribution in [3.8, 4) is 0 Å². The quantitative estimate of drug-likeness (QED) is 0.547. The molecule has 0 aromatic heterocycles. The van der Waals surface area contributed by atoms with Crippen molar-refractivity contribution >= 4 is 21.6 Å². The predicted octanol–water partition coefficient (Wildman–Crippen LogP) is -0.106. The SMILES string of the molecule is [CH2]NS(=O)(=O)CCl. The largest absolute Gasteiger partial charge is 0.225 e. The van der Waals surface area contributed by atoms with Crippen molar-refractivity contribution < 1.29 is 8.42 Å². The molecule has 0 unspecified atom stereocenters. The molecular formula is C2H5ClNO2S. The van der Waals surface area contributed by atoms with Crippen LogP contribution in [0.1, 0.15) is 0 Å². The minimum atomic E-state index is -3.25. The second kappa shape index (κ2) is 2.49.